The zero-order valence-electron chi connectivity index (χ0n) is 18.0. The molecule has 1 aliphatic heterocycles. The van der Waals surface area contributed by atoms with Crippen molar-refractivity contribution in [3.05, 3.63) is 59.2 Å². The molecule has 6 nitrogen and oxygen atoms in total. The molecule has 1 saturated heterocycles. The molecule has 0 radical (unpaired) electrons. The lowest BCUT2D eigenvalue weighted by molar-refractivity contribution is -0.125. The van der Waals surface area contributed by atoms with Crippen LogP contribution in [0, 0.1) is 6.92 Å². The first-order chi connectivity index (χ1) is 14.4. The van der Waals surface area contributed by atoms with Gasteiger partial charge in [0.05, 0.1) is 18.6 Å². The smallest absolute Gasteiger partial charge is 0.341 e. The molecule has 0 aromatic heterocycles. The fraction of sp³-hybridized carbons (Fsp3) is 0.417. The van der Waals surface area contributed by atoms with Crippen LogP contribution >= 0.6 is 0 Å². The van der Waals surface area contributed by atoms with E-state index in [4.69, 9.17) is 14.2 Å². The molecule has 1 heterocycles. The van der Waals surface area contributed by atoms with Gasteiger partial charge in [-0.2, -0.15) is 0 Å². The van der Waals surface area contributed by atoms with Crippen molar-refractivity contribution in [3.63, 3.8) is 0 Å². The molecule has 1 fully saturated rings. The van der Waals surface area contributed by atoms with Gasteiger partial charge in [0, 0.05) is 18.9 Å². The highest BCUT2D eigenvalue weighted by Gasteiger charge is 2.41. The van der Waals surface area contributed by atoms with E-state index >= 15 is 0 Å². The van der Waals surface area contributed by atoms with E-state index in [1.807, 2.05) is 39.0 Å². The van der Waals surface area contributed by atoms with E-state index in [0.717, 1.165) is 11.1 Å². The van der Waals surface area contributed by atoms with E-state index in [2.05, 4.69) is 11.4 Å². The van der Waals surface area contributed by atoms with E-state index in [-0.39, 0.29) is 17.6 Å². The number of hydrogen-bond acceptors (Lipinski definition) is 5. The van der Waals surface area contributed by atoms with Gasteiger partial charge in [-0.15, -0.1) is 0 Å². The van der Waals surface area contributed by atoms with Gasteiger partial charge in [0.1, 0.15) is 11.3 Å². The predicted octanol–water partition coefficient (Wildman–Crippen LogP) is 4.26. The molecule has 1 aliphatic rings. The van der Waals surface area contributed by atoms with Crippen molar-refractivity contribution in [3.8, 4) is 5.75 Å². The van der Waals surface area contributed by atoms with Crippen molar-refractivity contribution in [2.24, 2.45) is 0 Å². The van der Waals surface area contributed by atoms with Crippen molar-refractivity contribution < 1.29 is 23.8 Å². The third-order valence-electron chi connectivity index (χ3n) is 5.36. The Balaban J connectivity index is 1.93. The normalized spacial score (nSPS) is 15.5. The van der Waals surface area contributed by atoms with Crippen LogP contribution < -0.4 is 10.1 Å². The monoisotopic (exact) mass is 411 g/mol. The Morgan fingerprint density at radius 2 is 1.83 bits per heavy atom. The number of anilines is 1. The van der Waals surface area contributed by atoms with Gasteiger partial charge in [0.25, 0.3) is 0 Å². The van der Waals surface area contributed by atoms with Crippen molar-refractivity contribution in [2.75, 3.05) is 25.6 Å². The van der Waals surface area contributed by atoms with Crippen molar-refractivity contribution in [1.29, 1.82) is 0 Å². The number of ether oxygens (including phenoxy) is 3. The van der Waals surface area contributed by atoms with Crippen molar-refractivity contribution in [1.82, 2.24) is 0 Å². The SMILES string of the molecule is COC(=O)c1cc(NC(=O)C2(c3cccc(C)c3)CCOCC2)ccc1OC(C)C. The molecule has 2 aromatic carbocycles. The number of esters is 1. The maximum absolute atomic E-state index is 13.5. The van der Waals surface area contributed by atoms with Crippen LogP contribution in [0.4, 0.5) is 5.69 Å². The number of aryl methyl sites for hydroxylation is 1. The van der Waals surface area contributed by atoms with Crippen molar-refractivity contribution in [2.45, 2.75) is 45.1 Å². The minimum Gasteiger partial charge on any atom is -0.490 e. The second-order valence-electron chi connectivity index (χ2n) is 7.89. The standard InChI is InChI=1S/C24H29NO5/c1-16(2)30-21-9-8-19(15-20(21)22(26)28-4)25-23(27)24(10-12-29-13-11-24)18-7-5-6-17(3)14-18/h5-9,14-16H,10-13H2,1-4H3,(H,25,27). The molecule has 1 N–H and O–H groups in total. The Labute approximate surface area is 177 Å². The van der Waals surface area contributed by atoms with Gasteiger partial charge >= 0.3 is 5.97 Å². The van der Waals surface area contributed by atoms with E-state index in [1.165, 1.54) is 7.11 Å². The molecule has 160 valence electrons. The Bertz CT molecular complexity index is 916. The summed E-state index contributed by atoms with van der Waals surface area (Å²) in [4.78, 5) is 25.7. The number of methoxy groups -OCH3 is 1. The van der Waals surface area contributed by atoms with Crippen LogP contribution in [0.5, 0.6) is 5.75 Å². The first-order valence-corrected chi connectivity index (χ1v) is 10.2. The topological polar surface area (TPSA) is 73.9 Å². The number of carbonyl (C=O) groups excluding carboxylic acids is 2. The van der Waals surface area contributed by atoms with Crippen LogP contribution in [0.15, 0.2) is 42.5 Å². The largest absolute Gasteiger partial charge is 0.490 e. The Hall–Kier alpha value is -2.86. The van der Waals surface area contributed by atoms with Gasteiger partial charge in [-0.1, -0.05) is 29.8 Å². The van der Waals surface area contributed by atoms with Crippen LogP contribution in [0.3, 0.4) is 0 Å². The maximum atomic E-state index is 13.5. The van der Waals surface area contributed by atoms with Crippen LogP contribution in [0.1, 0.15) is 48.2 Å². The van der Waals surface area contributed by atoms with E-state index in [9.17, 15) is 9.59 Å². The average molecular weight is 411 g/mol. The molecule has 3 rings (SSSR count). The van der Waals surface area contributed by atoms with Gasteiger partial charge in [-0.3, -0.25) is 4.79 Å². The lowest BCUT2D eigenvalue weighted by atomic mass is 9.73. The number of benzene rings is 2. The molecular formula is C24H29NO5. The number of nitrogens with one attached hydrogen (secondary N) is 1. The fourth-order valence-corrected chi connectivity index (χ4v) is 3.79. The number of amides is 1. The quantitative estimate of drug-likeness (QED) is 0.719. The minimum atomic E-state index is -0.678. The molecule has 30 heavy (non-hydrogen) atoms. The van der Waals surface area contributed by atoms with Crippen LogP contribution in [-0.4, -0.2) is 38.3 Å². The average Bonchev–Trinajstić information content (AvgIpc) is 2.74. The summed E-state index contributed by atoms with van der Waals surface area (Å²) in [7, 11) is 1.32. The molecule has 0 atom stereocenters. The molecule has 6 heteroatoms. The van der Waals surface area contributed by atoms with E-state index in [1.54, 1.807) is 18.2 Å². The first kappa shape index (κ1) is 21.8. The van der Waals surface area contributed by atoms with Crippen LogP contribution in [0.2, 0.25) is 0 Å². The summed E-state index contributed by atoms with van der Waals surface area (Å²) < 4.78 is 16.1. The molecule has 0 aliphatic carbocycles. The summed E-state index contributed by atoms with van der Waals surface area (Å²) in [5.74, 6) is -0.194. The zero-order valence-corrected chi connectivity index (χ0v) is 18.0. The number of hydrogen-bond donors (Lipinski definition) is 1. The molecule has 0 spiro atoms. The molecule has 1 amide bonds. The summed E-state index contributed by atoms with van der Waals surface area (Å²) in [6, 6.07) is 13.1. The number of carbonyl (C=O) groups is 2. The Kier molecular flexibility index (Phi) is 6.77. The summed E-state index contributed by atoms with van der Waals surface area (Å²) in [5, 5.41) is 3.01. The van der Waals surface area contributed by atoms with Crippen LogP contribution in [-0.2, 0) is 19.7 Å². The van der Waals surface area contributed by atoms with Gasteiger partial charge in [0.15, 0.2) is 0 Å². The fourth-order valence-electron chi connectivity index (χ4n) is 3.79. The third-order valence-corrected chi connectivity index (χ3v) is 5.36. The maximum Gasteiger partial charge on any atom is 0.341 e. The van der Waals surface area contributed by atoms with Gasteiger partial charge in [0.2, 0.25) is 5.91 Å². The second-order valence-corrected chi connectivity index (χ2v) is 7.89. The Morgan fingerprint density at radius 3 is 2.47 bits per heavy atom. The minimum absolute atomic E-state index is 0.0966. The number of rotatable bonds is 6. The Morgan fingerprint density at radius 1 is 1.10 bits per heavy atom. The molecule has 0 bridgehead atoms. The third kappa shape index (κ3) is 4.65. The first-order valence-electron chi connectivity index (χ1n) is 10.2. The van der Waals surface area contributed by atoms with Gasteiger partial charge in [-0.25, -0.2) is 4.79 Å². The predicted molar refractivity (Wildman–Crippen MR) is 115 cm³/mol. The highest BCUT2D eigenvalue weighted by Crippen LogP contribution is 2.37. The van der Waals surface area contributed by atoms with E-state index in [0.29, 0.717) is 37.5 Å². The lowest BCUT2D eigenvalue weighted by Crippen LogP contribution is -2.44. The summed E-state index contributed by atoms with van der Waals surface area (Å²) in [6.45, 7) is 6.83. The summed E-state index contributed by atoms with van der Waals surface area (Å²) in [5.41, 5.74) is 2.21. The molecular weight excluding hydrogens is 382 g/mol. The van der Waals surface area contributed by atoms with E-state index < -0.39 is 11.4 Å². The lowest BCUT2D eigenvalue weighted by Gasteiger charge is -2.36. The zero-order chi connectivity index (χ0) is 21.7. The molecule has 0 unspecified atom stereocenters. The summed E-state index contributed by atoms with van der Waals surface area (Å²) in [6.07, 6.45) is 1.10. The second kappa shape index (κ2) is 9.30. The van der Waals surface area contributed by atoms with Crippen LogP contribution in [0.25, 0.3) is 0 Å². The van der Waals surface area contributed by atoms with Gasteiger partial charge in [-0.05, 0) is 57.4 Å². The highest BCUT2D eigenvalue weighted by molar-refractivity contribution is 6.01. The molecule has 2 aromatic rings. The summed E-state index contributed by atoms with van der Waals surface area (Å²) >= 11 is 0. The van der Waals surface area contributed by atoms with Gasteiger partial charge < -0.3 is 19.5 Å². The highest BCUT2D eigenvalue weighted by atomic mass is 16.5. The van der Waals surface area contributed by atoms with Crippen molar-refractivity contribution >= 4 is 17.6 Å². The molecule has 0 saturated carbocycles.